The van der Waals surface area contributed by atoms with Crippen LogP contribution in [0.5, 0.6) is 0 Å². The lowest BCUT2D eigenvalue weighted by Crippen LogP contribution is -2.39. The lowest BCUT2D eigenvalue weighted by atomic mass is 9.83. The second kappa shape index (κ2) is 4.83. The molecule has 2 rings (SSSR count). The predicted octanol–water partition coefficient (Wildman–Crippen LogP) is 3.38. The third-order valence-corrected chi connectivity index (χ3v) is 4.19. The Bertz CT molecular complexity index is 318. The lowest BCUT2D eigenvalue weighted by molar-refractivity contribution is -0.135. The standard InChI is InChI=1S/C15H25NO/c1-15(2,3)13-8-10-16(11-9-13)14(17)12-6-4-5-7-12/h8,12H,4-7,9-11H2,1-3H3. The number of hydrogen-bond donors (Lipinski definition) is 0. The van der Waals surface area contributed by atoms with Gasteiger partial charge in [-0.3, -0.25) is 4.79 Å². The molecule has 1 amide bonds. The molecule has 2 nitrogen and oxygen atoms in total. The second-order valence-electron chi connectivity index (χ2n) is 6.49. The van der Waals surface area contributed by atoms with Gasteiger partial charge in [-0.05, 0) is 24.7 Å². The molecule has 0 aromatic heterocycles. The van der Waals surface area contributed by atoms with Gasteiger partial charge in [0.15, 0.2) is 0 Å². The Hall–Kier alpha value is -0.790. The van der Waals surface area contributed by atoms with Crippen LogP contribution in [0.2, 0.25) is 0 Å². The van der Waals surface area contributed by atoms with Gasteiger partial charge < -0.3 is 4.90 Å². The van der Waals surface area contributed by atoms with Crippen molar-refractivity contribution < 1.29 is 4.79 Å². The van der Waals surface area contributed by atoms with Crippen LogP contribution in [0.1, 0.15) is 52.9 Å². The van der Waals surface area contributed by atoms with Gasteiger partial charge in [0.1, 0.15) is 0 Å². The summed E-state index contributed by atoms with van der Waals surface area (Å²) in [5.41, 5.74) is 1.77. The zero-order chi connectivity index (χ0) is 12.5. The molecule has 1 saturated carbocycles. The van der Waals surface area contributed by atoms with Crippen molar-refractivity contribution >= 4 is 5.91 Å². The summed E-state index contributed by atoms with van der Waals surface area (Å²) >= 11 is 0. The first-order chi connectivity index (χ1) is 7.98. The number of carbonyl (C=O) groups excluding carboxylic acids is 1. The Kier molecular flexibility index (Phi) is 3.60. The molecule has 17 heavy (non-hydrogen) atoms. The molecule has 2 aliphatic rings. The Balaban J connectivity index is 1.94. The summed E-state index contributed by atoms with van der Waals surface area (Å²) in [5.74, 6) is 0.742. The van der Waals surface area contributed by atoms with Crippen molar-refractivity contribution in [3.05, 3.63) is 11.6 Å². The maximum absolute atomic E-state index is 12.3. The number of hydrogen-bond acceptors (Lipinski definition) is 1. The summed E-state index contributed by atoms with van der Waals surface area (Å²) in [4.78, 5) is 14.3. The fourth-order valence-corrected chi connectivity index (χ4v) is 2.98. The highest BCUT2D eigenvalue weighted by atomic mass is 16.2. The van der Waals surface area contributed by atoms with Crippen molar-refractivity contribution in [1.82, 2.24) is 4.90 Å². The Morgan fingerprint density at radius 2 is 1.94 bits per heavy atom. The zero-order valence-electron chi connectivity index (χ0n) is 11.5. The summed E-state index contributed by atoms with van der Waals surface area (Å²) in [5, 5.41) is 0. The van der Waals surface area contributed by atoms with Crippen LogP contribution in [0.4, 0.5) is 0 Å². The van der Waals surface area contributed by atoms with Crippen LogP contribution < -0.4 is 0 Å². The maximum Gasteiger partial charge on any atom is 0.225 e. The van der Waals surface area contributed by atoms with Gasteiger partial charge in [0, 0.05) is 19.0 Å². The third-order valence-electron chi connectivity index (χ3n) is 4.19. The molecule has 1 heterocycles. The van der Waals surface area contributed by atoms with Gasteiger partial charge in [-0.1, -0.05) is 45.3 Å². The molecule has 2 heteroatoms. The van der Waals surface area contributed by atoms with E-state index in [0.717, 1.165) is 32.4 Å². The average Bonchev–Trinajstić information content (AvgIpc) is 2.80. The summed E-state index contributed by atoms with van der Waals surface area (Å²) in [6.07, 6.45) is 8.05. The van der Waals surface area contributed by atoms with E-state index in [0.29, 0.717) is 11.8 Å². The van der Waals surface area contributed by atoms with Crippen molar-refractivity contribution in [3.63, 3.8) is 0 Å². The minimum Gasteiger partial charge on any atom is -0.338 e. The topological polar surface area (TPSA) is 20.3 Å². The molecular formula is C15H25NO. The molecule has 1 aliphatic carbocycles. The summed E-state index contributed by atoms with van der Waals surface area (Å²) < 4.78 is 0. The fraction of sp³-hybridized carbons (Fsp3) is 0.800. The Morgan fingerprint density at radius 1 is 1.29 bits per heavy atom. The maximum atomic E-state index is 12.3. The summed E-state index contributed by atoms with van der Waals surface area (Å²) in [7, 11) is 0. The molecular weight excluding hydrogens is 210 g/mol. The molecule has 0 unspecified atom stereocenters. The van der Waals surface area contributed by atoms with E-state index in [1.807, 2.05) is 0 Å². The number of nitrogens with zero attached hydrogens (tertiary/aromatic N) is 1. The first-order valence-corrected chi connectivity index (χ1v) is 6.97. The van der Waals surface area contributed by atoms with Crippen molar-refractivity contribution in [1.29, 1.82) is 0 Å². The van der Waals surface area contributed by atoms with E-state index < -0.39 is 0 Å². The van der Waals surface area contributed by atoms with Crippen LogP contribution in [-0.2, 0) is 4.79 Å². The molecule has 0 bridgehead atoms. The van der Waals surface area contributed by atoms with Crippen LogP contribution in [0.3, 0.4) is 0 Å². The van der Waals surface area contributed by atoms with Crippen LogP contribution in [-0.4, -0.2) is 23.9 Å². The fourth-order valence-electron chi connectivity index (χ4n) is 2.98. The highest BCUT2D eigenvalue weighted by molar-refractivity contribution is 5.79. The minimum absolute atomic E-state index is 0.266. The second-order valence-corrected chi connectivity index (χ2v) is 6.49. The van der Waals surface area contributed by atoms with Crippen molar-refractivity contribution in [3.8, 4) is 0 Å². The number of amides is 1. The summed E-state index contributed by atoms with van der Waals surface area (Å²) in [6.45, 7) is 8.54. The zero-order valence-corrected chi connectivity index (χ0v) is 11.5. The summed E-state index contributed by atoms with van der Waals surface area (Å²) in [6, 6.07) is 0. The molecule has 1 fully saturated rings. The number of carbonyl (C=O) groups is 1. The molecule has 0 radical (unpaired) electrons. The molecule has 96 valence electrons. The first kappa shape index (κ1) is 12.7. The first-order valence-electron chi connectivity index (χ1n) is 6.97. The van der Waals surface area contributed by atoms with Crippen LogP contribution in [0.25, 0.3) is 0 Å². The van der Waals surface area contributed by atoms with Crippen LogP contribution in [0, 0.1) is 11.3 Å². The Labute approximate surface area is 105 Å². The minimum atomic E-state index is 0.266. The molecule has 0 N–H and O–H groups in total. The van der Waals surface area contributed by atoms with E-state index in [9.17, 15) is 4.79 Å². The molecule has 0 atom stereocenters. The van der Waals surface area contributed by atoms with Gasteiger partial charge in [0.2, 0.25) is 5.91 Å². The van der Waals surface area contributed by atoms with Crippen molar-refractivity contribution in [2.45, 2.75) is 52.9 Å². The van der Waals surface area contributed by atoms with Crippen molar-refractivity contribution in [2.75, 3.05) is 13.1 Å². The van der Waals surface area contributed by atoms with E-state index >= 15 is 0 Å². The normalized spacial score (nSPS) is 22.8. The van der Waals surface area contributed by atoms with E-state index in [1.165, 1.54) is 18.4 Å². The van der Waals surface area contributed by atoms with Gasteiger partial charge in [-0.25, -0.2) is 0 Å². The molecule has 0 aromatic rings. The van der Waals surface area contributed by atoms with Crippen LogP contribution >= 0.6 is 0 Å². The molecule has 0 saturated heterocycles. The average molecular weight is 235 g/mol. The molecule has 0 aromatic carbocycles. The SMILES string of the molecule is CC(C)(C)C1=CCN(C(=O)C2CCCC2)CC1. The van der Waals surface area contributed by atoms with Crippen LogP contribution in [0.15, 0.2) is 11.6 Å². The van der Waals surface area contributed by atoms with E-state index in [2.05, 4.69) is 31.7 Å². The van der Waals surface area contributed by atoms with E-state index in [-0.39, 0.29) is 5.41 Å². The number of rotatable bonds is 1. The smallest absolute Gasteiger partial charge is 0.225 e. The lowest BCUT2D eigenvalue weighted by Gasteiger charge is -2.33. The quantitative estimate of drug-likeness (QED) is 0.638. The van der Waals surface area contributed by atoms with E-state index in [4.69, 9.17) is 0 Å². The van der Waals surface area contributed by atoms with Gasteiger partial charge in [-0.2, -0.15) is 0 Å². The Morgan fingerprint density at radius 3 is 2.41 bits per heavy atom. The van der Waals surface area contributed by atoms with Gasteiger partial charge in [0.05, 0.1) is 0 Å². The third kappa shape index (κ3) is 2.91. The van der Waals surface area contributed by atoms with Gasteiger partial charge in [-0.15, -0.1) is 0 Å². The van der Waals surface area contributed by atoms with Crippen molar-refractivity contribution in [2.24, 2.45) is 11.3 Å². The molecule has 0 spiro atoms. The highest BCUT2D eigenvalue weighted by Crippen LogP contribution is 2.32. The highest BCUT2D eigenvalue weighted by Gasteiger charge is 2.29. The monoisotopic (exact) mass is 235 g/mol. The molecule has 1 aliphatic heterocycles. The predicted molar refractivity (Wildman–Crippen MR) is 70.7 cm³/mol. The largest absolute Gasteiger partial charge is 0.338 e. The van der Waals surface area contributed by atoms with Gasteiger partial charge >= 0.3 is 0 Å². The van der Waals surface area contributed by atoms with E-state index in [1.54, 1.807) is 0 Å². The van der Waals surface area contributed by atoms with Gasteiger partial charge in [0.25, 0.3) is 0 Å².